The molecular formula is C18H20O2. The lowest BCUT2D eigenvalue weighted by Gasteiger charge is -2.12. The number of benzene rings is 2. The van der Waals surface area contributed by atoms with Crippen LogP contribution in [0.1, 0.15) is 46.8 Å². The molecule has 20 heavy (non-hydrogen) atoms. The number of aldehydes is 1. The minimum Gasteiger partial charge on any atom is -0.488 e. The Morgan fingerprint density at radius 1 is 1.10 bits per heavy atom. The van der Waals surface area contributed by atoms with Crippen molar-refractivity contribution in [2.75, 3.05) is 0 Å². The van der Waals surface area contributed by atoms with E-state index in [9.17, 15) is 4.79 Å². The summed E-state index contributed by atoms with van der Waals surface area (Å²) < 4.78 is 5.76. The maximum Gasteiger partial charge on any atom is 0.153 e. The Hall–Kier alpha value is -2.09. The van der Waals surface area contributed by atoms with E-state index >= 15 is 0 Å². The predicted molar refractivity (Wildman–Crippen MR) is 81.4 cm³/mol. The maximum atomic E-state index is 11.2. The molecule has 0 amide bonds. The van der Waals surface area contributed by atoms with Crippen molar-refractivity contribution in [3.8, 4) is 5.75 Å². The molecule has 0 radical (unpaired) electrons. The molecule has 2 heteroatoms. The van der Waals surface area contributed by atoms with Crippen LogP contribution in [0.5, 0.6) is 5.75 Å². The molecule has 0 aliphatic heterocycles. The fourth-order valence-electron chi connectivity index (χ4n) is 1.99. The summed E-state index contributed by atoms with van der Waals surface area (Å²) in [7, 11) is 0. The van der Waals surface area contributed by atoms with Gasteiger partial charge in [0.05, 0.1) is 5.56 Å². The van der Waals surface area contributed by atoms with Gasteiger partial charge < -0.3 is 4.74 Å². The van der Waals surface area contributed by atoms with Gasteiger partial charge in [-0.15, -0.1) is 0 Å². The molecule has 0 bridgehead atoms. The number of carbonyl (C=O) groups excluding carboxylic acids is 1. The van der Waals surface area contributed by atoms with Crippen molar-refractivity contribution in [1.29, 1.82) is 0 Å². The number of ether oxygens (including phenoxy) is 1. The first kappa shape index (κ1) is 14.3. The minimum absolute atomic E-state index is 0.403. The average molecular weight is 268 g/mol. The standard InChI is InChI=1S/C18H20O2/c1-13(2)16-8-9-18(17(10-16)11-19)20-12-15-6-4-14(3)5-7-15/h4-11,13H,12H2,1-3H3. The number of carbonyl (C=O) groups is 1. The largest absolute Gasteiger partial charge is 0.488 e. The Morgan fingerprint density at radius 2 is 1.80 bits per heavy atom. The monoisotopic (exact) mass is 268 g/mol. The molecule has 0 fully saturated rings. The van der Waals surface area contributed by atoms with Gasteiger partial charge in [-0.3, -0.25) is 4.79 Å². The van der Waals surface area contributed by atoms with Crippen molar-refractivity contribution in [2.45, 2.75) is 33.3 Å². The molecule has 2 aromatic carbocycles. The van der Waals surface area contributed by atoms with Gasteiger partial charge in [-0.25, -0.2) is 0 Å². The van der Waals surface area contributed by atoms with Crippen LogP contribution in [0, 0.1) is 6.92 Å². The van der Waals surface area contributed by atoms with Crippen LogP contribution < -0.4 is 4.74 Å². The highest BCUT2D eigenvalue weighted by Gasteiger charge is 2.07. The summed E-state index contributed by atoms with van der Waals surface area (Å²) in [6.45, 7) is 6.75. The zero-order valence-corrected chi connectivity index (χ0v) is 12.2. The molecule has 0 saturated heterocycles. The second kappa shape index (κ2) is 6.38. The molecule has 2 nitrogen and oxygen atoms in total. The third-order valence-corrected chi connectivity index (χ3v) is 3.34. The molecule has 0 N–H and O–H groups in total. The summed E-state index contributed by atoms with van der Waals surface area (Å²) in [5, 5.41) is 0. The van der Waals surface area contributed by atoms with Gasteiger partial charge in [0.1, 0.15) is 12.4 Å². The van der Waals surface area contributed by atoms with E-state index in [1.807, 2.05) is 30.3 Å². The normalized spacial score (nSPS) is 10.6. The Balaban J connectivity index is 2.12. The van der Waals surface area contributed by atoms with E-state index in [2.05, 4.69) is 32.9 Å². The van der Waals surface area contributed by atoms with Crippen LogP contribution in [0.2, 0.25) is 0 Å². The van der Waals surface area contributed by atoms with Gasteiger partial charge >= 0.3 is 0 Å². The first-order valence-corrected chi connectivity index (χ1v) is 6.87. The van der Waals surface area contributed by atoms with E-state index in [1.165, 1.54) is 5.56 Å². The summed E-state index contributed by atoms with van der Waals surface area (Å²) in [5.41, 5.74) is 4.09. The fraction of sp³-hybridized carbons (Fsp3) is 0.278. The Bertz CT molecular complexity index is 583. The van der Waals surface area contributed by atoms with E-state index in [0.29, 0.717) is 23.8 Å². The van der Waals surface area contributed by atoms with Crippen molar-refractivity contribution in [1.82, 2.24) is 0 Å². The number of hydrogen-bond acceptors (Lipinski definition) is 2. The van der Waals surface area contributed by atoms with Gasteiger partial charge in [0, 0.05) is 0 Å². The highest BCUT2D eigenvalue weighted by atomic mass is 16.5. The van der Waals surface area contributed by atoms with Gasteiger partial charge in [0.15, 0.2) is 6.29 Å². The Morgan fingerprint density at radius 3 is 2.40 bits per heavy atom. The van der Waals surface area contributed by atoms with Crippen molar-refractivity contribution >= 4 is 6.29 Å². The molecule has 0 aromatic heterocycles. The molecule has 0 aliphatic rings. The highest BCUT2D eigenvalue weighted by Crippen LogP contribution is 2.24. The van der Waals surface area contributed by atoms with E-state index in [0.717, 1.165) is 17.4 Å². The van der Waals surface area contributed by atoms with Crippen LogP contribution in [0.4, 0.5) is 0 Å². The van der Waals surface area contributed by atoms with Crippen LogP contribution >= 0.6 is 0 Å². The smallest absolute Gasteiger partial charge is 0.153 e. The lowest BCUT2D eigenvalue weighted by molar-refractivity contribution is 0.111. The first-order valence-electron chi connectivity index (χ1n) is 6.87. The summed E-state index contributed by atoms with van der Waals surface area (Å²) >= 11 is 0. The average Bonchev–Trinajstić information content (AvgIpc) is 2.46. The number of aryl methyl sites for hydroxylation is 1. The molecule has 2 aromatic rings. The molecule has 0 spiro atoms. The number of rotatable bonds is 5. The lowest BCUT2D eigenvalue weighted by atomic mass is 10.0. The summed E-state index contributed by atoms with van der Waals surface area (Å²) in [6, 6.07) is 14.0. The lowest BCUT2D eigenvalue weighted by Crippen LogP contribution is -1.99. The summed E-state index contributed by atoms with van der Waals surface area (Å²) in [4.78, 5) is 11.2. The Kier molecular flexibility index (Phi) is 4.57. The van der Waals surface area contributed by atoms with Crippen molar-refractivity contribution < 1.29 is 9.53 Å². The fourth-order valence-corrected chi connectivity index (χ4v) is 1.99. The van der Waals surface area contributed by atoms with Crippen LogP contribution in [0.25, 0.3) is 0 Å². The van der Waals surface area contributed by atoms with Crippen LogP contribution in [0.15, 0.2) is 42.5 Å². The summed E-state index contributed by atoms with van der Waals surface area (Å²) in [6.07, 6.45) is 0.857. The molecular weight excluding hydrogens is 248 g/mol. The van der Waals surface area contributed by atoms with Crippen molar-refractivity contribution in [3.63, 3.8) is 0 Å². The molecule has 2 rings (SSSR count). The number of hydrogen-bond donors (Lipinski definition) is 0. The van der Waals surface area contributed by atoms with Crippen molar-refractivity contribution in [3.05, 3.63) is 64.7 Å². The van der Waals surface area contributed by atoms with E-state index in [4.69, 9.17) is 4.74 Å². The molecule has 0 aliphatic carbocycles. The maximum absolute atomic E-state index is 11.2. The molecule has 104 valence electrons. The van der Waals surface area contributed by atoms with Crippen molar-refractivity contribution in [2.24, 2.45) is 0 Å². The second-order valence-electron chi connectivity index (χ2n) is 5.34. The van der Waals surface area contributed by atoms with Gasteiger partial charge in [-0.05, 0) is 36.1 Å². The second-order valence-corrected chi connectivity index (χ2v) is 5.34. The molecule has 0 heterocycles. The topological polar surface area (TPSA) is 26.3 Å². The third-order valence-electron chi connectivity index (χ3n) is 3.34. The summed E-state index contributed by atoms with van der Waals surface area (Å²) in [5.74, 6) is 1.05. The zero-order valence-electron chi connectivity index (χ0n) is 12.2. The molecule has 0 atom stereocenters. The van der Waals surface area contributed by atoms with Crippen LogP contribution in [0.3, 0.4) is 0 Å². The van der Waals surface area contributed by atoms with Crippen LogP contribution in [-0.4, -0.2) is 6.29 Å². The van der Waals surface area contributed by atoms with Gasteiger partial charge in [-0.2, -0.15) is 0 Å². The van der Waals surface area contributed by atoms with Gasteiger partial charge in [-0.1, -0.05) is 49.7 Å². The molecule has 0 unspecified atom stereocenters. The predicted octanol–water partition coefficient (Wildman–Crippen LogP) is 4.51. The first-order chi connectivity index (χ1) is 9.60. The SMILES string of the molecule is Cc1ccc(COc2ccc(C(C)C)cc2C=O)cc1. The van der Waals surface area contributed by atoms with Crippen LogP contribution in [-0.2, 0) is 6.61 Å². The quantitative estimate of drug-likeness (QED) is 0.746. The zero-order chi connectivity index (χ0) is 14.5. The van der Waals surface area contributed by atoms with Gasteiger partial charge in [0.25, 0.3) is 0 Å². The third kappa shape index (κ3) is 3.47. The highest BCUT2D eigenvalue weighted by molar-refractivity contribution is 5.79. The Labute approximate surface area is 120 Å². The van der Waals surface area contributed by atoms with E-state index in [-0.39, 0.29) is 0 Å². The van der Waals surface area contributed by atoms with Gasteiger partial charge in [0.2, 0.25) is 0 Å². The van der Waals surface area contributed by atoms with E-state index < -0.39 is 0 Å². The molecule has 0 saturated carbocycles. The minimum atomic E-state index is 0.403. The van der Waals surface area contributed by atoms with E-state index in [1.54, 1.807) is 0 Å².